The van der Waals surface area contributed by atoms with Crippen LogP contribution in [0.15, 0.2) is 5.10 Å². The Labute approximate surface area is 84.0 Å². The van der Waals surface area contributed by atoms with Crippen molar-refractivity contribution in [3.63, 3.8) is 0 Å². The fourth-order valence-electron chi connectivity index (χ4n) is 1.58. The number of rotatable bonds is 2. The maximum Gasteiger partial charge on any atom is 0.254 e. The van der Waals surface area contributed by atoms with E-state index >= 15 is 0 Å². The Morgan fingerprint density at radius 2 is 2.50 bits per heavy atom. The van der Waals surface area contributed by atoms with Crippen molar-refractivity contribution in [3.8, 4) is 6.07 Å². The minimum Gasteiger partial charge on any atom is -0.272 e. The first-order chi connectivity index (χ1) is 6.74. The minimum atomic E-state index is -0.322. The molecule has 0 aromatic heterocycles. The third-order valence-electron chi connectivity index (χ3n) is 2.45. The van der Waals surface area contributed by atoms with Gasteiger partial charge in [0.1, 0.15) is 6.42 Å². The summed E-state index contributed by atoms with van der Waals surface area (Å²) in [5.74, 6) is 0.143. The van der Waals surface area contributed by atoms with E-state index in [2.05, 4.69) is 17.5 Å². The van der Waals surface area contributed by atoms with Crippen molar-refractivity contribution in [2.75, 3.05) is 0 Å². The minimum absolute atomic E-state index is 0.120. The van der Waals surface area contributed by atoms with Crippen molar-refractivity contribution in [2.24, 2.45) is 11.0 Å². The molecule has 4 nitrogen and oxygen atoms in total. The predicted molar refractivity (Wildman–Crippen MR) is 53.4 cm³/mol. The Morgan fingerprint density at radius 1 is 1.71 bits per heavy atom. The van der Waals surface area contributed by atoms with Gasteiger partial charge in [0.2, 0.25) is 0 Å². The highest BCUT2D eigenvalue weighted by Gasteiger charge is 2.15. The highest BCUT2D eigenvalue weighted by molar-refractivity contribution is 5.88. The molecule has 1 rings (SSSR count). The maximum atomic E-state index is 11.0. The lowest BCUT2D eigenvalue weighted by atomic mass is 9.89. The molecule has 0 aromatic rings. The van der Waals surface area contributed by atoms with Crippen LogP contribution < -0.4 is 5.43 Å². The van der Waals surface area contributed by atoms with E-state index in [1.165, 1.54) is 6.42 Å². The molecular formula is C10H15N3O. The summed E-state index contributed by atoms with van der Waals surface area (Å²) in [7, 11) is 0. The Balaban J connectivity index is 2.43. The average Bonchev–Trinajstić information content (AvgIpc) is 2.17. The van der Waals surface area contributed by atoms with Gasteiger partial charge in [0.25, 0.3) is 5.91 Å². The van der Waals surface area contributed by atoms with Crippen LogP contribution in [0.2, 0.25) is 0 Å². The largest absolute Gasteiger partial charge is 0.272 e. The van der Waals surface area contributed by atoms with Crippen molar-refractivity contribution < 1.29 is 4.79 Å². The number of nitriles is 1. The zero-order valence-corrected chi connectivity index (χ0v) is 8.42. The van der Waals surface area contributed by atoms with Gasteiger partial charge in [-0.05, 0) is 25.2 Å². The summed E-state index contributed by atoms with van der Waals surface area (Å²) >= 11 is 0. The summed E-state index contributed by atoms with van der Waals surface area (Å²) in [5, 5.41) is 12.3. The first-order valence-corrected chi connectivity index (χ1v) is 4.96. The van der Waals surface area contributed by atoms with Crippen molar-refractivity contribution in [2.45, 2.75) is 39.0 Å². The Kier molecular flexibility index (Phi) is 4.11. The fraction of sp³-hybridized carbons (Fsp3) is 0.700. The molecule has 0 heterocycles. The van der Waals surface area contributed by atoms with Crippen LogP contribution in [0.3, 0.4) is 0 Å². The lowest BCUT2D eigenvalue weighted by Gasteiger charge is -2.19. The summed E-state index contributed by atoms with van der Waals surface area (Å²) in [6, 6.07) is 1.79. The van der Waals surface area contributed by atoms with Crippen LogP contribution in [0.5, 0.6) is 0 Å². The van der Waals surface area contributed by atoms with Crippen LogP contribution >= 0.6 is 0 Å². The van der Waals surface area contributed by atoms with Gasteiger partial charge in [-0.2, -0.15) is 10.4 Å². The van der Waals surface area contributed by atoms with E-state index in [0.29, 0.717) is 5.92 Å². The molecule has 1 atom stereocenters. The molecule has 1 fully saturated rings. The van der Waals surface area contributed by atoms with Gasteiger partial charge < -0.3 is 0 Å². The summed E-state index contributed by atoms with van der Waals surface area (Å²) in [6.45, 7) is 2.12. The van der Waals surface area contributed by atoms with Gasteiger partial charge in [-0.1, -0.05) is 13.3 Å². The molecule has 0 unspecified atom stereocenters. The standard InChI is InChI=1S/C10H15N3O/c1-8-4-2-3-5-9(8)12-13-10(14)6-7-11/h8H,2-6H2,1H3,(H,13,14)/t8-/m0/s1. The summed E-state index contributed by atoms with van der Waals surface area (Å²) in [5.41, 5.74) is 3.47. The van der Waals surface area contributed by atoms with E-state index < -0.39 is 0 Å². The molecule has 0 spiro atoms. The highest BCUT2D eigenvalue weighted by Crippen LogP contribution is 2.20. The number of carbonyl (C=O) groups is 1. The normalized spacial score (nSPS) is 24.3. The molecule has 0 aliphatic heterocycles. The molecule has 1 aliphatic rings. The Hall–Kier alpha value is -1.37. The van der Waals surface area contributed by atoms with Gasteiger partial charge in [-0.3, -0.25) is 4.79 Å². The average molecular weight is 193 g/mol. The molecule has 1 saturated carbocycles. The fourth-order valence-corrected chi connectivity index (χ4v) is 1.58. The SMILES string of the molecule is C[C@H]1CCCCC1=NNC(=O)CC#N. The second-order valence-corrected chi connectivity index (χ2v) is 3.62. The third kappa shape index (κ3) is 3.17. The number of hydrogen-bond donors (Lipinski definition) is 1. The van der Waals surface area contributed by atoms with Crippen LogP contribution in [0.1, 0.15) is 39.0 Å². The van der Waals surface area contributed by atoms with Crippen molar-refractivity contribution in [1.29, 1.82) is 5.26 Å². The van der Waals surface area contributed by atoms with Crippen LogP contribution in [-0.2, 0) is 4.79 Å². The van der Waals surface area contributed by atoms with Crippen molar-refractivity contribution in [1.82, 2.24) is 5.43 Å². The van der Waals surface area contributed by atoms with E-state index in [-0.39, 0.29) is 12.3 Å². The molecule has 76 valence electrons. The van der Waals surface area contributed by atoms with Crippen LogP contribution in [0, 0.1) is 17.2 Å². The number of hydrazone groups is 1. The van der Waals surface area contributed by atoms with Crippen LogP contribution in [-0.4, -0.2) is 11.6 Å². The van der Waals surface area contributed by atoms with E-state index in [1.54, 1.807) is 6.07 Å². The van der Waals surface area contributed by atoms with Gasteiger partial charge in [-0.15, -0.1) is 0 Å². The van der Waals surface area contributed by atoms with E-state index in [0.717, 1.165) is 25.0 Å². The van der Waals surface area contributed by atoms with Crippen molar-refractivity contribution >= 4 is 11.6 Å². The van der Waals surface area contributed by atoms with Gasteiger partial charge in [-0.25, -0.2) is 5.43 Å². The molecule has 14 heavy (non-hydrogen) atoms. The molecule has 1 aliphatic carbocycles. The van der Waals surface area contributed by atoms with Gasteiger partial charge >= 0.3 is 0 Å². The molecular weight excluding hydrogens is 178 g/mol. The zero-order chi connectivity index (χ0) is 10.4. The molecule has 1 N–H and O–H groups in total. The number of amides is 1. The Bertz CT molecular complexity index is 278. The van der Waals surface area contributed by atoms with Gasteiger partial charge in [0.05, 0.1) is 6.07 Å². The summed E-state index contributed by atoms with van der Waals surface area (Å²) < 4.78 is 0. The second-order valence-electron chi connectivity index (χ2n) is 3.62. The number of nitrogens with zero attached hydrogens (tertiary/aromatic N) is 2. The molecule has 0 saturated heterocycles. The van der Waals surface area contributed by atoms with E-state index in [1.807, 2.05) is 0 Å². The van der Waals surface area contributed by atoms with E-state index in [4.69, 9.17) is 5.26 Å². The molecule has 0 radical (unpaired) electrons. The molecule has 4 heteroatoms. The van der Waals surface area contributed by atoms with Crippen LogP contribution in [0.25, 0.3) is 0 Å². The predicted octanol–water partition coefficient (Wildman–Crippen LogP) is 1.58. The second kappa shape index (κ2) is 5.38. The first kappa shape index (κ1) is 10.7. The van der Waals surface area contributed by atoms with Gasteiger partial charge in [0, 0.05) is 5.71 Å². The van der Waals surface area contributed by atoms with Crippen LogP contribution in [0.4, 0.5) is 0 Å². The quantitative estimate of drug-likeness (QED) is 0.676. The lowest BCUT2D eigenvalue weighted by molar-refractivity contribution is -0.120. The van der Waals surface area contributed by atoms with E-state index in [9.17, 15) is 4.79 Å². The van der Waals surface area contributed by atoms with Crippen molar-refractivity contribution in [3.05, 3.63) is 0 Å². The number of nitrogens with one attached hydrogen (secondary N) is 1. The summed E-state index contributed by atoms with van der Waals surface area (Å²) in [4.78, 5) is 11.0. The zero-order valence-electron chi connectivity index (χ0n) is 8.42. The summed E-state index contributed by atoms with van der Waals surface area (Å²) in [6.07, 6.45) is 4.38. The molecule has 0 bridgehead atoms. The third-order valence-corrected chi connectivity index (χ3v) is 2.45. The number of hydrogen-bond acceptors (Lipinski definition) is 3. The van der Waals surface area contributed by atoms with Gasteiger partial charge in [0.15, 0.2) is 0 Å². The highest BCUT2D eigenvalue weighted by atomic mass is 16.2. The maximum absolute atomic E-state index is 11.0. The monoisotopic (exact) mass is 193 g/mol. The Morgan fingerprint density at radius 3 is 3.14 bits per heavy atom. The topological polar surface area (TPSA) is 65.2 Å². The first-order valence-electron chi connectivity index (χ1n) is 4.96. The lowest BCUT2D eigenvalue weighted by Crippen LogP contribution is -2.23. The molecule has 0 aromatic carbocycles. The number of carbonyl (C=O) groups excluding carboxylic acids is 1. The molecule has 1 amide bonds. The smallest absolute Gasteiger partial charge is 0.254 e.